The van der Waals surface area contributed by atoms with Crippen LogP contribution in [0.15, 0.2) is 0 Å². The molecule has 0 aromatic heterocycles. The second kappa shape index (κ2) is 4.74. The van der Waals surface area contributed by atoms with Crippen LogP contribution in [-0.2, 0) is 4.79 Å². The Kier molecular flexibility index (Phi) is 4.73. The second-order valence-corrected chi connectivity index (χ2v) is 3.57. The fourth-order valence-electron chi connectivity index (χ4n) is 0.635. The minimum absolute atomic E-state index is 0.0671. The Morgan fingerprint density at radius 2 is 2.10 bits per heavy atom. The van der Waals surface area contributed by atoms with E-state index in [1.165, 1.54) is 11.8 Å². The third kappa shape index (κ3) is 3.90. The molecule has 1 unspecified atom stereocenters. The zero-order valence-corrected chi connectivity index (χ0v) is 7.44. The highest BCUT2D eigenvalue weighted by Gasteiger charge is 2.13. The molecule has 0 spiro atoms. The molecule has 0 saturated carbocycles. The van der Waals surface area contributed by atoms with Crippen LogP contribution in [0.2, 0.25) is 0 Å². The molecule has 3 heteroatoms. The van der Waals surface area contributed by atoms with Crippen LogP contribution in [-0.4, -0.2) is 22.6 Å². The lowest BCUT2D eigenvalue weighted by atomic mass is 10.1. The number of carbonyl (C=O) groups is 1. The van der Waals surface area contributed by atoms with Crippen LogP contribution in [0.5, 0.6) is 0 Å². The lowest BCUT2D eigenvalue weighted by Crippen LogP contribution is -2.17. The van der Waals surface area contributed by atoms with Crippen molar-refractivity contribution in [2.24, 2.45) is 5.92 Å². The molecule has 0 aromatic carbocycles. The van der Waals surface area contributed by atoms with Gasteiger partial charge in [-0.3, -0.25) is 4.79 Å². The summed E-state index contributed by atoms with van der Waals surface area (Å²) in [6, 6.07) is 0. The summed E-state index contributed by atoms with van der Waals surface area (Å²) in [7, 11) is 0. The monoisotopic (exact) mass is 162 g/mol. The molecule has 0 amide bonds. The van der Waals surface area contributed by atoms with Gasteiger partial charge in [0, 0.05) is 6.42 Å². The smallest absolute Gasteiger partial charge is 0.171 e. The molecule has 0 radical (unpaired) electrons. The Morgan fingerprint density at radius 3 is 2.40 bits per heavy atom. The molecule has 60 valence electrons. The van der Waals surface area contributed by atoms with Crippen LogP contribution in [0.3, 0.4) is 0 Å². The van der Waals surface area contributed by atoms with Crippen molar-refractivity contribution in [2.45, 2.75) is 25.7 Å². The first-order valence-electron chi connectivity index (χ1n) is 3.31. The Hall–Kier alpha value is -0.0200. The van der Waals surface area contributed by atoms with Gasteiger partial charge in [0.1, 0.15) is 0 Å². The summed E-state index contributed by atoms with van der Waals surface area (Å²) in [4.78, 5) is 10.9. The number of thioether (sulfide) groups is 1. The van der Waals surface area contributed by atoms with Crippen molar-refractivity contribution >= 4 is 17.5 Å². The molecule has 0 aliphatic rings. The van der Waals surface area contributed by atoms with Crippen molar-refractivity contribution in [1.82, 2.24) is 0 Å². The third-order valence-electron chi connectivity index (χ3n) is 1.11. The van der Waals surface area contributed by atoms with E-state index in [1.54, 1.807) is 6.26 Å². The van der Waals surface area contributed by atoms with Gasteiger partial charge in [0.2, 0.25) is 0 Å². The molecule has 1 N–H and O–H groups in total. The zero-order chi connectivity index (χ0) is 8.15. The first-order chi connectivity index (χ1) is 4.57. The number of aliphatic hydroxyl groups is 1. The SMILES string of the molecule is CSC(O)C(=O)CC(C)C. The fourth-order valence-corrected chi connectivity index (χ4v) is 0.994. The van der Waals surface area contributed by atoms with Crippen LogP contribution >= 0.6 is 11.8 Å². The van der Waals surface area contributed by atoms with Gasteiger partial charge < -0.3 is 5.11 Å². The first kappa shape index (κ1) is 9.98. The molecular formula is C7H14O2S. The number of hydrogen-bond acceptors (Lipinski definition) is 3. The number of ketones is 1. The number of hydrogen-bond donors (Lipinski definition) is 1. The molecule has 0 heterocycles. The number of Topliss-reactive ketones (excluding diaryl/α,β-unsaturated/α-hetero) is 1. The molecule has 0 aliphatic heterocycles. The molecule has 2 nitrogen and oxygen atoms in total. The first-order valence-corrected chi connectivity index (χ1v) is 4.60. The van der Waals surface area contributed by atoms with Crippen molar-refractivity contribution in [3.63, 3.8) is 0 Å². The maximum Gasteiger partial charge on any atom is 0.171 e. The highest BCUT2D eigenvalue weighted by atomic mass is 32.2. The van der Waals surface area contributed by atoms with E-state index in [4.69, 9.17) is 5.11 Å². The maximum absolute atomic E-state index is 10.9. The van der Waals surface area contributed by atoms with Gasteiger partial charge in [-0.2, -0.15) is 0 Å². The van der Waals surface area contributed by atoms with E-state index in [1.807, 2.05) is 13.8 Å². The predicted molar refractivity (Wildman–Crippen MR) is 44.0 cm³/mol. The van der Waals surface area contributed by atoms with E-state index >= 15 is 0 Å². The molecule has 0 saturated heterocycles. The van der Waals surface area contributed by atoms with Crippen LogP contribution < -0.4 is 0 Å². The zero-order valence-electron chi connectivity index (χ0n) is 6.63. The van der Waals surface area contributed by atoms with Gasteiger partial charge in [-0.15, -0.1) is 11.8 Å². The Labute approximate surface area is 66.0 Å². The van der Waals surface area contributed by atoms with Crippen molar-refractivity contribution < 1.29 is 9.90 Å². The fraction of sp³-hybridized carbons (Fsp3) is 0.857. The summed E-state index contributed by atoms with van der Waals surface area (Å²) in [6.45, 7) is 3.93. The Balaban J connectivity index is 3.62. The highest BCUT2D eigenvalue weighted by Crippen LogP contribution is 2.09. The molecule has 0 aromatic rings. The van der Waals surface area contributed by atoms with Crippen molar-refractivity contribution in [2.75, 3.05) is 6.26 Å². The van der Waals surface area contributed by atoms with E-state index in [9.17, 15) is 4.79 Å². The van der Waals surface area contributed by atoms with Crippen molar-refractivity contribution in [3.05, 3.63) is 0 Å². The number of aliphatic hydroxyl groups excluding tert-OH is 1. The lowest BCUT2D eigenvalue weighted by molar-refractivity contribution is -0.123. The van der Waals surface area contributed by atoms with Gasteiger partial charge in [0.05, 0.1) is 0 Å². The normalized spacial score (nSPS) is 13.7. The van der Waals surface area contributed by atoms with Gasteiger partial charge in [0.25, 0.3) is 0 Å². The van der Waals surface area contributed by atoms with E-state index < -0.39 is 5.44 Å². The van der Waals surface area contributed by atoms with Crippen molar-refractivity contribution in [1.29, 1.82) is 0 Å². The minimum Gasteiger partial charge on any atom is -0.375 e. The summed E-state index contributed by atoms with van der Waals surface area (Å²) >= 11 is 1.18. The van der Waals surface area contributed by atoms with E-state index in [-0.39, 0.29) is 5.78 Å². The molecule has 0 rings (SSSR count). The predicted octanol–water partition coefficient (Wildman–Crippen LogP) is 1.28. The van der Waals surface area contributed by atoms with E-state index in [0.29, 0.717) is 12.3 Å². The van der Waals surface area contributed by atoms with Gasteiger partial charge in [-0.05, 0) is 12.2 Å². The summed E-state index contributed by atoms with van der Waals surface area (Å²) in [5.74, 6) is 0.275. The lowest BCUT2D eigenvalue weighted by Gasteiger charge is -2.07. The van der Waals surface area contributed by atoms with Gasteiger partial charge in [0.15, 0.2) is 11.2 Å². The standard InChI is InChI=1S/C7H14O2S/c1-5(2)4-6(8)7(9)10-3/h5,7,9H,4H2,1-3H3. The summed E-state index contributed by atoms with van der Waals surface area (Å²) in [5, 5.41) is 8.99. The topological polar surface area (TPSA) is 37.3 Å². The van der Waals surface area contributed by atoms with Gasteiger partial charge in [-0.25, -0.2) is 0 Å². The Bertz CT molecular complexity index is 112. The van der Waals surface area contributed by atoms with Gasteiger partial charge >= 0.3 is 0 Å². The maximum atomic E-state index is 10.9. The molecule has 0 fully saturated rings. The van der Waals surface area contributed by atoms with Gasteiger partial charge in [-0.1, -0.05) is 13.8 Å². The summed E-state index contributed by atoms with van der Waals surface area (Å²) in [6.07, 6.45) is 2.20. The quantitative estimate of drug-likeness (QED) is 0.633. The van der Waals surface area contributed by atoms with Crippen LogP contribution in [0.4, 0.5) is 0 Å². The average Bonchev–Trinajstić information content (AvgIpc) is 1.85. The second-order valence-electron chi connectivity index (χ2n) is 2.65. The molecule has 0 aliphatic carbocycles. The molecule has 10 heavy (non-hydrogen) atoms. The van der Waals surface area contributed by atoms with Crippen LogP contribution in [0, 0.1) is 5.92 Å². The summed E-state index contributed by atoms with van der Waals surface area (Å²) in [5.41, 5.74) is -0.817. The number of carbonyl (C=O) groups excluding carboxylic acids is 1. The Morgan fingerprint density at radius 1 is 1.60 bits per heavy atom. The third-order valence-corrected chi connectivity index (χ3v) is 1.82. The number of rotatable bonds is 4. The minimum atomic E-state index is -0.817. The molecule has 0 bridgehead atoms. The average molecular weight is 162 g/mol. The van der Waals surface area contributed by atoms with Crippen LogP contribution in [0.1, 0.15) is 20.3 Å². The molecule has 1 atom stereocenters. The summed E-state index contributed by atoms with van der Waals surface area (Å²) < 4.78 is 0. The van der Waals surface area contributed by atoms with Crippen LogP contribution in [0.25, 0.3) is 0 Å². The highest BCUT2D eigenvalue weighted by molar-refractivity contribution is 7.99. The van der Waals surface area contributed by atoms with E-state index in [2.05, 4.69) is 0 Å². The van der Waals surface area contributed by atoms with E-state index in [0.717, 1.165) is 0 Å². The molecular weight excluding hydrogens is 148 g/mol. The van der Waals surface area contributed by atoms with Crippen molar-refractivity contribution in [3.8, 4) is 0 Å². The largest absolute Gasteiger partial charge is 0.375 e.